The predicted octanol–water partition coefficient (Wildman–Crippen LogP) is 1.71. The highest BCUT2D eigenvalue weighted by molar-refractivity contribution is 4.87. The minimum atomic E-state index is 0.705. The van der Waals surface area contributed by atoms with E-state index in [4.69, 9.17) is 0 Å². The number of hydrogen-bond donors (Lipinski definition) is 1. The minimum absolute atomic E-state index is 0.705. The molecule has 0 aromatic carbocycles. The molecule has 78 valence electrons. The zero-order valence-electron chi connectivity index (χ0n) is 9.51. The van der Waals surface area contributed by atoms with Crippen molar-refractivity contribution in [2.75, 3.05) is 19.6 Å². The van der Waals surface area contributed by atoms with Crippen LogP contribution in [0.1, 0.15) is 34.1 Å². The van der Waals surface area contributed by atoms with Crippen LogP contribution in [0.4, 0.5) is 0 Å². The fraction of sp³-hybridized carbons (Fsp3) is 1.00. The van der Waals surface area contributed by atoms with Gasteiger partial charge in [-0.2, -0.15) is 0 Å². The summed E-state index contributed by atoms with van der Waals surface area (Å²) in [6.45, 7) is 12.8. The van der Waals surface area contributed by atoms with E-state index >= 15 is 0 Å². The summed E-state index contributed by atoms with van der Waals surface area (Å²) in [5.41, 5.74) is 0. The number of likely N-dealkylation sites (tertiary alicyclic amines) is 1. The third kappa shape index (κ3) is 2.96. The lowest BCUT2D eigenvalue weighted by molar-refractivity contribution is 0.264. The second-order valence-electron chi connectivity index (χ2n) is 4.59. The lowest BCUT2D eigenvalue weighted by Crippen LogP contribution is -2.37. The van der Waals surface area contributed by atoms with E-state index < -0.39 is 0 Å². The molecule has 0 amide bonds. The Labute approximate surface area is 82.7 Å². The van der Waals surface area contributed by atoms with Gasteiger partial charge in [0.25, 0.3) is 0 Å². The van der Waals surface area contributed by atoms with E-state index in [1.165, 1.54) is 26.1 Å². The van der Waals surface area contributed by atoms with Crippen LogP contribution in [0.15, 0.2) is 0 Å². The third-order valence-corrected chi connectivity index (χ3v) is 3.03. The van der Waals surface area contributed by atoms with Crippen LogP contribution in [0.2, 0.25) is 0 Å². The Hall–Kier alpha value is -0.0800. The van der Waals surface area contributed by atoms with Gasteiger partial charge in [-0.15, -0.1) is 0 Å². The highest BCUT2D eigenvalue weighted by Gasteiger charge is 2.29. The van der Waals surface area contributed by atoms with Crippen molar-refractivity contribution < 1.29 is 0 Å². The Morgan fingerprint density at radius 1 is 1.38 bits per heavy atom. The van der Waals surface area contributed by atoms with Crippen molar-refractivity contribution in [3.63, 3.8) is 0 Å². The summed E-state index contributed by atoms with van der Waals surface area (Å²) in [7, 11) is 0. The van der Waals surface area contributed by atoms with Crippen LogP contribution in [-0.4, -0.2) is 36.6 Å². The molecule has 0 unspecified atom stereocenters. The zero-order valence-corrected chi connectivity index (χ0v) is 9.51. The first-order valence-corrected chi connectivity index (χ1v) is 5.62. The molecule has 1 heterocycles. The van der Waals surface area contributed by atoms with Crippen molar-refractivity contribution in [3.05, 3.63) is 0 Å². The SMILES string of the molecule is CCCN[C@H]1CN(C(C)C)C[C@H]1C. The third-order valence-electron chi connectivity index (χ3n) is 3.03. The molecular weight excluding hydrogens is 160 g/mol. The average molecular weight is 184 g/mol. The Bertz CT molecular complexity index is 145. The van der Waals surface area contributed by atoms with Gasteiger partial charge in [0.2, 0.25) is 0 Å². The molecule has 1 aliphatic heterocycles. The second kappa shape index (κ2) is 4.97. The van der Waals surface area contributed by atoms with Gasteiger partial charge in [0.15, 0.2) is 0 Å². The van der Waals surface area contributed by atoms with Crippen LogP contribution in [0.25, 0.3) is 0 Å². The molecular formula is C11H24N2. The number of nitrogens with one attached hydrogen (secondary N) is 1. The summed E-state index contributed by atoms with van der Waals surface area (Å²) < 4.78 is 0. The van der Waals surface area contributed by atoms with E-state index in [1.54, 1.807) is 0 Å². The van der Waals surface area contributed by atoms with Crippen molar-refractivity contribution in [2.24, 2.45) is 5.92 Å². The molecule has 1 rings (SSSR count). The highest BCUT2D eigenvalue weighted by Crippen LogP contribution is 2.18. The van der Waals surface area contributed by atoms with E-state index in [-0.39, 0.29) is 0 Å². The molecule has 1 saturated heterocycles. The van der Waals surface area contributed by atoms with Crippen molar-refractivity contribution in [3.8, 4) is 0 Å². The monoisotopic (exact) mass is 184 g/mol. The fourth-order valence-electron chi connectivity index (χ4n) is 2.02. The summed E-state index contributed by atoms with van der Waals surface area (Å²) in [5.74, 6) is 0.814. The Kier molecular flexibility index (Phi) is 4.20. The lowest BCUT2D eigenvalue weighted by atomic mass is 10.1. The summed E-state index contributed by atoms with van der Waals surface area (Å²) >= 11 is 0. The van der Waals surface area contributed by atoms with E-state index in [0.29, 0.717) is 6.04 Å². The van der Waals surface area contributed by atoms with Gasteiger partial charge in [-0.1, -0.05) is 13.8 Å². The maximum atomic E-state index is 3.62. The quantitative estimate of drug-likeness (QED) is 0.715. The topological polar surface area (TPSA) is 15.3 Å². The molecule has 0 aromatic rings. The second-order valence-corrected chi connectivity index (χ2v) is 4.59. The van der Waals surface area contributed by atoms with Crippen molar-refractivity contribution in [1.29, 1.82) is 0 Å². The summed E-state index contributed by atoms with van der Waals surface area (Å²) in [5, 5.41) is 3.62. The predicted molar refractivity (Wildman–Crippen MR) is 58.0 cm³/mol. The van der Waals surface area contributed by atoms with Crippen LogP contribution in [0, 0.1) is 5.92 Å². The zero-order chi connectivity index (χ0) is 9.84. The number of hydrogen-bond acceptors (Lipinski definition) is 2. The van der Waals surface area contributed by atoms with Gasteiger partial charge in [-0.05, 0) is 32.7 Å². The van der Waals surface area contributed by atoms with Gasteiger partial charge in [-0.3, -0.25) is 4.90 Å². The Balaban J connectivity index is 2.33. The maximum absolute atomic E-state index is 3.62. The minimum Gasteiger partial charge on any atom is -0.312 e. The van der Waals surface area contributed by atoms with E-state index in [2.05, 4.69) is 37.9 Å². The lowest BCUT2D eigenvalue weighted by Gasteiger charge is -2.20. The first-order valence-electron chi connectivity index (χ1n) is 5.62. The molecule has 0 aliphatic carbocycles. The number of nitrogens with zero attached hydrogens (tertiary/aromatic N) is 1. The molecule has 13 heavy (non-hydrogen) atoms. The standard InChI is InChI=1S/C11H24N2/c1-5-6-12-11-8-13(9(2)3)7-10(11)4/h9-12H,5-8H2,1-4H3/t10-,11+/m1/s1. The first-order chi connectivity index (χ1) is 6.15. The molecule has 0 saturated carbocycles. The average Bonchev–Trinajstić information content (AvgIpc) is 2.44. The normalized spacial score (nSPS) is 30.2. The van der Waals surface area contributed by atoms with Crippen LogP contribution in [0.3, 0.4) is 0 Å². The molecule has 0 radical (unpaired) electrons. The van der Waals surface area contributed by atoms with Crippen LogP contribution in [0.5, 0.6) is 0 Å². The Morgan fingerprint density at radius 2 is 2.08 bits per heavy atom. The number of rotatable bonds is 4. The molecule has 1 aliphatic rings. The van der Waals surface area contributed by atoms with Gasteiger partial charge in [0, 0.05) is 25.2 Å². The van der Waals surface area contributed by atoms with Gasteiger partial charge in [0.05, 0.1) is 0 Å². The molecule has 1 N–H and O–H groups in total. The summed E-state index contributed by atoms with van der Waals surface area (Å²) in [6, 6.07) is 1.43. The molecule has 0 bridgehead atoms. The fourth-order valence-corrected chi connectivity index (χ4v) is 2.02. The van der Waals surface area contributed by atoms with Crippen LogP contribution < -0.4 is 5.32 Å². The maximum Gasteiger partial charge on any atom is 0.0232 e. The molecule has 0 aromatic heterocycles. The molecule has 0 spiro atoms. The molecule has 2 heteroatoms. The van der Waals surface area contributed by atoms with Crippen molar-refractivity contribution in [1.82, 2.24) is 10.2 Å². The van der Waals surface area contributed by atoms with Crippen LogP contribution >= 0.6 is 0 Å². The van der Waals surface area contributed by atoms with Gasteiger partial charge in [-0.25, -0.2) is 0 Å². The molecule has 1 fully saturated rings. The van der Waals surface area contributed by atoms with E-state index in [9.17, 15) is 0 Å². The van der Waals surface area contributed by atoms with Gasteiger partial charge in [0.1, 0.15) is 0 Å². The highest BCUT2D eigenvalue weighted by atomic mass is 15.2. The van der Waals surface area contributed by atoms with Crippen molar-refractivity contribution in [2.45, 2.75) is 46.2 Å². The Morgan fingerprint density at radius 3 is 2.54 bits per heavy atom. The van der Waals surface area contributed by atoms with Crippen LogP contribution in [-0.2, 0) is 0 Å². The van der Waals surface area contributed by atoms with E-state index in [1.807, 2.05) is 0 Å². The summed E-state index contributed by atoms with van der Waals surface area (Å²) in [6.07, 6.45) is 1.24. The summed E-state index contributed by atoms with van der Waals surface area (Å²) in [4.78, 5) is 2.57. The van der Waals surface area contributed by atoms with E-state index in [0.717, 1.165) is 12.0 Å². The molecule has 2 nitrogen and oxygen atoms in total. The van der Waals surface area contributed by atoms with Gasteiger partial charge >= 0.3 is 0 Å². The van der Waals surface area contributed by atoms with Gasteiger partial charge < -0.3 is 5.32 Å². The smallest absolute Gasteiger partial charge is 0.0232 e. The largest absolute Gasteiger partial charge is 0.312 e. The first kappa shape index (κ1) is 11.0. The van der Waals surface area contributed by atoms with Crippen molar-refractivity contribution >= 4 is 0 Å². The molecule has 2 atom stereocenters.